The van der Waals surface area contributed by atoms with Crippen LogP contribution < -0.4 is 10.1 Å². The number of rotatable bonds is 8. The third-order valence-electron chi connectivity index (χ3n) is 2.70. The number of anilines is 1. The monoisotopic (exact) mass is 301 g/mol. The number of likely N-dealkylation sites (N-methyl/N-ethyl adjacent to an activating group) is 1. The Morgan fingerprint density at radius 1 is 1.25 bits per heavy atom. The van der Waals surface area contributed by atoms with E-state index in [0.717, 1.165) is 13.0 Å². The van der Waals surface area contributed by atoms with Gasteiger partial charge in [0, 0.05) is 12.6 Å². The van der Waals surface area contributed by atoms with Crippen molar-refractivity contribution in [1.82, 2.24) is 19.9 Å². The Hall–Kier alpha value is -1.14. The van der Waals surface area contributed by atoms with E-state index in [-0.39, 0.29) is 17.3 Å². The van der Waals surface area contributed by atoms with Gasteiger partial charge in [-0.05, 0) is 38.0 Å². The molecule has 1 heterocycles. The quantitative estimate of drug-likeness (QED) is 0.795. The molecule has 0 amide bonds. The van der Waals surface area contributed by atoms with Gasteiger partial charge in [0.2, 0.25) is 11.2 Å². The van der Waals surface area contributed by atoms with Crippen LogP contribution in [0.1, 0.15) is 27.2 Å². The lowest BCUT2D eigenvalue weighted by Crippen LogP contribution is -2.37. The maximum Gasteiger partial charge on any atom is 0.322 e. The molecule has 1 atom stereocenters. The van der Waals surface area contributed by atoms with Gasteiger partial charge in [-0.15, -0.1) is 0 Å². The topological polar surface area (TPSA) is 63.2 Å². The van der Waals surface area contributed by atoms with Gasteiger partial charge < -0.3 is 15.0 Å². The van der Waals surface area contributed by atoms with Crippen molar-refractivity contribution >= 4 is 17.5 Å². The summed E-state index contributed by atoms with van der Waals surface area (Å²) < 4.78 is 5.40. The fraction of sp³-hybridized carbons (Fsp3) is 0.769. The van der Waals surface area contributed by atoms with Gasteiger partial charge in [0.15, 0.2) is 0 Å². The first-order valence-electron chi connectivity index (χ1n) is 6.88. The summed E-state index contributed by atoms with van der Waals surface area (Å²) in [7, 11) is 4.07. The van der Waals surface area contributed by atoms with Crippen LogP contribution in [0.25, 0.3) is 0 Å². The zero-order chi connectivity index (χ0) is 15.1. The van der Waals surface area contributed by atoms with Crippen LogP contribution in [0, 0.1) is 5.92 Å². The number of nitrogens with one attached hydrogen (secondary N) is 1. The van der Waals surface area contributed by atoms with E-state index < -0.39 is 0 Å². The van der Waals surface area contributed by atoms with Crippen LogP contribution >= 0.6 is 11.6 Å². The van der Waals surface area contributed by atoms with Crippen molar-refractivity contribution in [2.45, 2.75) is 33.2 Å². The molecule has 0 aliphatic heterocycles. The van der Waals surface area contributed by atoms with Crippen molar-refractivity contribution in [1.29, 1.82) is 0 Å². The van der Waals surface area contributed by atoms with Crippen LogP contribution in [-0.2, 0) is 0 Å². The van der Waals surface area contributed by atoms with E-state index in [1.54, 1.807) is 0 Å². The number of ether oxygens (including phenoxy) is 1. The summed E-state index contributed by atoms with van der Waals surface area (Å²) in [6.07, 6.45) is 0.890. The fourth-order valence-electron chi connectivity index (χ4n) is 1.64. The Bertz CT molecular complexity index is 414. The highest BCUT2D eigenvalue weighted by molar-refractivity contribution is 6.28. The summed E-state index contributed by atoms with van der Waals surface area (Å²) in [5.41, 5.74) is 0. The molecule has 1 rings (SSSR count). The summed E-state index contributed by atoms with van der Waals surface area (Å²) in [5.74, 6) is 0.893. The Balaban J connectivity index is 2.80. The molecule has 7 heteroatoms. The number of hydrogen-bond acceptors (Lipinski definition) is 6. The minimum absolute atomic E-state index is 0.140. The lowest BCUT2D eigenvalue weighted by atomic mass is 10.0. The lowest BCUT2D eigenvalue weighted by molar-refractivity contribution is 0.291. The first-order valence-corrected chi connectivity index (χ1v) is 7.25. The second kappa shape index (κ2) is 8.21. The van der Waals surface area contributed by atoms with Crippen LogP contribution in [0.15, 0.2) is 0 Å². The molecule has 0 spiro atoms. The smallest absolute Gasteiger partial charge is 0.322 e. The van der Waals surface area contributed by atoms with Gasteiger partial charge in [0.25, 0.3) is 0 Å². The highest BCUT2D eigenvalue weighted by Crippen LogP contribution is 2.15. The maximum absolute atomic E-state index is 5.91. The van der Waals surface area contributed by atoms with Gasteiger partial charge in [-0.3, -0.25) is 0 Å². The summed E-state index contributed by atoms with van der Waals surface area (Å²) in [5, 5.41) is 3.44. The van der Waals surface area contributed by atoms with E-state index in [1.165, 1.54) is 0 Å². The highest BCUT2D eigenvalue weighted by Gasteiger charge is 2.16. The van der Waals surface area contributed by atoms with Crippen LogP contribution in [-0.4, -0.2) is 53.1 Å². The molecule has 0 fully saturated rings. The van der Waals surface area contributed by atoms with E-state index in [0.29, 0.717) is 18.5 Å². The summed E-state index contributed by atoms with van der Waals surface area (Å²) >= 11 is 5.91. The van der Waals surface area contributed by atoms with E-state index in [9.17, 15) is 0 Å². The minimum Gasteiger partial charge on any atom is -0.463 e. The second-order valence-electron chi connectivity index (χ2n) is 5.32. The molecule has 1 aromatic heterocycles. The molecule has 114 valence electrons. The van der Waals surface area contributed by atoms with Crippen molar-refractivity contribution in [2.75, 3.05) is 32.6 Å². The van der Waals surface area contributed by atoms with Crippen LogP contribution in [0.2, 0.25) is 5.28 Å². The molecule has 20 heavy (non-hydrogen) atoms. The Morgan fingerprint density at radius 2 is 1.95 bits per heavy atom. The molecule has 0 aliphatic carbocycles. The van der Waals surface area contributed by atoms with Gasteiger partial charge in [0.1, 0.15) is 0 Å². The van der Waals surface area contributed by atoms with Gasteiger partial charge in [-0.25, -0.2) is 0 Å². The fourth-order valence-corrected chi connectivity index (χ4v) is 1.79. The average Bonchev–Trinajstić information content (AvgIpc) is 2.34. The molecule has 6 nitrogen and oxygen atoms in total. The molecule has 0 saturated carbocycles. The molecule has 1 unspecified atom stereocenters. The summed E-state index contributed by atoms with van der Waals surface area (Å²) in [6, 6.07) is 0.490. The largest absolute Gasteiger partial charge is 0.463 e. The van der Waals surface area contributed by atoms with E-state index in [2.05, 4.69) is 39.0 Å². The molecule has 1 N–H and O–H groups in total. The molecule has 0 aromatic carbocycles. The second-order valence-corrected chi connectivity index (χ2v) is 5.65. The van der Waals surface area contributed by atoms with Gasteiger partial charge in [0.05, 0.1) is 6.61 Å². The SMILES string of the molecule is CCCOc1nc(Cl)nc(NC(CN(C)C)C(C)C)n1. The molecule has 0 radical (unpaired) electrons. The van der Waals surface area contributed by atoms with Crippen molar-refractivity contribution in [3.8, 4) is 6.01 Å². The van der Waals surface area contributed by atoms with E-state index in [4.69, 9.17) is 16.3 Å². The van der Waals surface area contributed by atoms with Crippen molar-refractivity contribution in [2.24, 2.45) is 5.92 Å². The molecular weight excluding hydrogens is 278 g/mol. The molecule has 0 bridgehead atoms. The third kappa shape index (κ3) is 5.88. The van der Waals surface area contributed by atoms with Gasteiger partial charge >= 0.3 is 6.01 Å². The molecular formula is C13H24ClN5O. The van der Waals surface area contributed by atoms with Crippen molar-refractivity contribution in [3.05, 3.63) is 5.28 Å². The Morgan fingerprint density at radius 3 is 2.50 bits per heavy atom. The number of aromatic nitrogens is 3. The van der Waals surface area contributed by atoms with Gasteiger partial charge in [-0.2, -0.15) is 15.0 Å². The lowest BCUT2D eigenvalue weighted by Gasteiger charge is -2.25. The van der Waals surface area contributed by atoms with Gasteiger partial charge in [-0.1, -0.05) is 20.8 Å². The zero-order valence-electron chi connectivity index (χ0n) is 12.9. The Kier molecular flexibility index (Phi) is 6.95. The number of hydrogen-bond donors (Lipinski definition) is 1. The van der Waals surface area contributed by atoms with Crippen molar-refractivity contribution < 1.29 is 4.74 Å². The molecule has 1 aromatic rings. The third-order valence-corrected chi connectivity index (χ3v) is 2.87. The predicted octanol–water partition coefficient (Wildman–Crippen LogP) is 2.31. The predicted molar refractivity (Wildman–Crippen MR) is 81.4 cm³/mol. The standard InChI is InChI=1S/C13H24ClN5O/c1-6-7-20-13-17-11(14)16-12(18-13)15-10(9(2)3)8-19(4)5/h9-10H,6-8H2,1-5H3,(H,15,16,17,18). The van der Waals surface area contributed by atoms with Crippen molar-refractivity contribution in [3.63, 3.8) is 0 Å². The summed E-state index contributed by atoms with van der Waals surface area (Å²) in [6.45, 7) is 7.77. The first-order chi connectivity index (χ1) is 9.42. The normalized spacial score (nSPS) is 12.8. The Labute approximate surface area is 125 Å². The number of nitrogens with zero attached hydrogens (tertiary/aromatic N) is 4. The minimum atomic E-state index is 0.140. The van der Waals surface area contributed by atoms with E-state index >= 15 is 0 Å². The maximum atomic E-state index is 5.91. The van der Waals surface area contributed by atoms with Crippen LogP contribution in [0.3, 0.4) is 0 Å². The zero-order valence-corrected chi connectivity index (χ0v) is 13.6. The average molecular weight is 302 g/mol. The summed E-state index contributed by atoms with van der Waals surface area (Å²) in [4.78, 5) is 14.4. The van der Waals surface area contributed by atoms with Crippen LogP contribution in [0.5, 0.6) is 6.01 Å². The molecule has 0 saturated heterocycles. The van der Waals surface area contributed by atoms with Crippen LogP contribution in [0.4, 0.5) is 5.95 Å². The highest BCUT2D eigenvalue weighted by atomic mass is 35.5. The molecule has 0 aliphatic rings. The van der Waals surface area contributed by atoms with E-state index in [1.807, 2.05) is 21.0 Å². The first kappa shape index (κ1) is 16.9. The number of halogens is 1.